The first-order valence-corrected chi connectivity index (χ1v) is 9.64. The summed E-state index contributed by atoms with van der Waals surface area (Å²) in [5, 5.41) is 40.1. The van der Waals surface area contributed by atoms with Crippen LogP contribution < -0.4 is 0 Å². The van der Waals surface area contributed by atoms with Gasteiger partial charge in [0.1, 0.15) is 17.2 Å². The summed E-state index contributed by atoms with van der Waals surface area (Å²) in [5.74, 6) is -0.799. The van der Waals surface area contributed by atoms with Crippen molar-refractivity contribution in [1.82, 2.24) is 0 Å². The summed E-state index contributed by atoms with van der Waals surface area (Å²) in [6.07, 6.45) is 4.72. The van der Waals surface area contributed by atoms with Crippen molar-refractivity contribution >= 4 is 11.9 Å². The van der Waals surface area contributed by atoms with Crippen molar-refractivity contribution in [1.29, 1.82) is 0 Å². The lowest BCUT2D eigenvalue weighted by Crippen LogP contribution is -2.11. The van der Waals surface area contributed by atoms with Crippen LogP contribution in [0, 0.1) is 0 Å². The molecular weight excluding hydrogens is 380 g/mol. The minimum Gasteiger partial charge on any atom is -0.508 e. The first kappa shape index (κ1) is 23.0. The lowest BCUT2D eigenvalue weighted by molar-refractivity contribution is 0.104. The number of ketones is 1. The van der Waals surface area contributed by atoms with Crippen molar-refractivity contribution in [3.05, 3.63) is 82.5 Å². The molecule has 0 bridgehead atoms. The zero-order valence-corrected chi connectivity index (χ0v) is 17.5. The Morgan fingerprint density at radius 2 is 1.70 bits per heavy atom. The van der Waals surface area contributed by atoms with Gasteiger partial charge in [-0.1, -0.05) is 35.9 Å². The van der Waals surface area contributed by atoms with Crippen molar-refractivity contribution in [3.8, 4) is 17.2 Å². The predicted octanol–water partition coefficient (Wildman–Crippen LogP) is 4.69. The number of rotatable bonds is 8. The number of phenols is 3. The molecule has 0 aliphatic heterocycles. The summed E-state index contributed by atoms with van der Waals surface area (Å²) in [6, 6.07) is 7.54. The highest BCUT2D eigenvalue weighted by atomic mass is 16.3. The number of aromatic hydroxyl groups is 3. The quantitative estimate of drug-likeness (QED) is 0.289. The first-order valence-electron chi connectivity index (χ1n) is 9.64. The highest BCUT2D eigenvalue weighted by Crippen LogP contribution is 2.30. The maximum atomic E-state index is 12.6. The number of carbonyl (C=O) groups is 1. The highest BCUT2D eigenvalue weighted by Gasteiger charge is 2.16. The summed E-state index contributed by atoms with van der Waals surface area (Å²) in [6.45, 7) is 9.30. The molecule has 158 valence electrons. The van der Waals surface area contributed by atoms with Gasteiger partial charge in [-0.25, -0.2) is 0 Å². The summed E-state index contributed by atoms with van der Waals surface area (Å²) in [7, 11) is 0. The molecule has 0 aliphatic carbocycles. The Kier molecular flexibility index (Phi) is 7.61. The Bertz CT molecular complexity index is 1010. The van der Waals surface area contributed by atoms with Gasteiger partial charge in [0.05, 0.1) is 11.7 Å². The van der Waals surface area contributed by atoms with Gasteiger partial charge < -0.3 is 20.4 Å². The molecule has 5 heteroatoms. The molecule has 1 atom stereocenters. The molecule has 0 unspecified atom stereocenters. The van der Waals surface area contributed by atoms with Gasteiger partial charge in [0.25, 0.3) is 0 Å². The van der Waals surface area contributed by atoms with E-state index in [1.807, 2.05) is 19.9 Å². The molecule has 2 aromatic carbocycles. The van der Waals surface area contributed by atoms with Crippen LogP contribution in [0.3, 0.4) is 0 Å². The van der Waals surface area contributed by atoms with Gasteiger partial charge in [0.2, 0.25) is 0 Å². The number of allylic oxidation sites excluding steroid dienone is 3. The van der Waals surface area contributed by atoms with Crippen molar-refractivity contribution in [2.24, 2.45) is 0 Å². The second kappa shape index (κ2) is 9.94. The van der Waals surface area contributed by atoms with E-state index in [-0.39, 0.29) is 29.2 Å². The van der Waals surface area contributed by atoms with E-state index in [1.165, 1.54) is 12.1 Å². The maximum Gasteiger partial charge on any atom is 0.189 e. The minimum absolute atomic E-state index is 0.0245. The monoisotopic (exact) mass is 408 g/mol. The van der Waals surface area contributed by atoms with Crippen molar-refractivity contribution in [2.45, 2.75) is 39.7 Å². The molecule has 0 heterocycles. The minimum atomic E-state index is -0.866. The summed E-state index contributed by atoms with van der Waals surface area (Å²) in [4.78, 5) is 12.6. The van der Waals surface area contributed by atoms with Crippen LogP contribution in [0.5, 0.6) is 17.2 Å². The summed E-state index contributed by atoms with van der Waals surface area (Å²) in [5.41, 5.74) is 3.52. The van der Waals surface area contributed by atoms with E-state index >= 15 is 0 Å². The molecule has 0 aromatic heterocycles. The average molecular weight is 408 g/mol. The molecule has 0 fully saturated rings. The Morgan fingerprint density at radius 3 is 2.33 bits per heavy atom. The molecular formula is C25H28O5. The Labute approximate surface area is 177 Å². The Morgan fingerprint density at radius 1 is 1.00 bits per heavy atom. The van der Waals surface area contributed by atoms with Gasteiger partial charge in [-0.3, -0.25) is 4.79 Å². The van der Waals surface area contributed by atoms with Crippen molar-refractivity contribution < 1.29 is 25.2 Å². The Balaban J connectivity index is 2.27. The fourth-order valence-corrected chi connectivity index (χ4v) is 2.81. The molecule has 0 saturated carbocycles. The zero-order chi connectivity index (χ0) is 22.4. The third kappa shape index (κ3) is 6.09. The van der Waals surface area contributed by atoms with Gasteiger partial charge in [-0.2, -0.15) is 0 Å². The van der Waals surface area contributed by atoms with Crippen LogP contribution in [0.1, 0.15) is 47.8 Å². The lowest BCUT2D eigenvalue weighted by Gasteiger charge is -2.13. The van der Waals surface area contributed by atoms with Crippen LogP contribution in [0.25, 0.3) is 6.08 Å². The third-order valence-electron chi connectivity index (χ3n) is 4.71. The van der Waals surface area contributed by atoms with Crippen molar-refractivity contribution in [3.63, 3.8) is 0 Å². The van der Waals surface area contributed by atoms with Crippen LogP contribution in [0.2, 0.25) is 0 Å². The molecule has 5 nitrogen and oxygen atoms in total. The van der Waals surface area contributed by atoms with Gasteiger partial charge in [0, 0.05) is 12.5 Å². The van der Waals surface area contributed by atoms with Gasteiger partial charge in [-0.15, -0.1) is 0 Å². The van der Waals surface area contributed by atoms with Crippen LogP contribution in [0.15, 0.2) is 60.2 Å². The molecule has 0 aliphatic rings. The van der Waals surface area contributed by atoms with Crippen LogP contribution in [-0.4, -0.2) is 32.3 Å². The lowest BCUT2D eigenvalue weighted by atomic mass is 9.98. The van der Waals surface area contributed by atoms with E-state index in [4.69, 9.17) is 0 Å². The van der Waals surface area contributed by atoms with Gasteiger partial charge >= 0.3 is 0 Å². The van der Waals surface area contributed by atoms with E-state index < -0.39 is 11.9 Å². The molecule has 0 radical (unpaired) electrons. The molecule has 0 spiro atoms. The topological polar surface area (TPSA) is 98.0 Å². The average Bonchev–Trinajstić information content (AvgIpc) is 2.67. The van der Waals surface area contributed by atoms with Crippen LogP contribution in [0.4, 0.5) is 0 Å². The SMILES string of the molecule is C=C(C)[C@@H](O)Cc1cc(C(=O)/C=C/c2ccc(O)c(CC=C(C)C)c2)c(O)cc1O. The predicted molar refractivity (Wildman–Crippen MR) is 119 cm³/mol. The van der Waals surface area contributed by atoms with Crippen molar-refractivity contribution in [2.75, 3.05) is 0 Å². The smallest absolute Gasteiger partial charge is 0.189 e. The largest absolute Gasteiger partial charge is 0.508 e. The summed E-state index contributed by atoms with van der Waals surface area (Å²) < 4.78 is 0. The second-order valence-corrected chi connectivity index (χ2v) is 7.64. The third-order valence-corrected chi connectivity index (χ3v) is 4.71. The molecule has 30 heavy (non-hydrogen) atoms. The van der Waals surface area contributed by atoms with Crippen LogP contribution >= 0.6 is 0 Å². The van der Waals surface area contributed by atoms with Gasteiger partial charge in [0.15, 0.2) is 5.78 Å². The normalized spacial score (nSPS) is 12.0. The molecule has 4 N–H and O–H groups in total. The fourth-order valence-electron chi connectivity index (χ4n) is 2.81. The zero-order valence-electron chi connectivity index (χ0n) is 17.5. The Hall–Kier alpha value is -3.31. The molecule has 2 rings (SSSR count). The number of aliphatic hydroxyl groups excluding tert-OH is 1. The number of aliphatic hydroxyl groups is 1. The van der Waals surface area contributed by atoms with E-state index in [0.29, 0.717) is 17.6 Å². The second-order valence-electron chi connectivity index (χ2n) is 7.64. The number of hydrogen-bond acceptors (Lipinski definition) is 5. The van der Waals surface area contributed by atoms with E-state index in [1.54, 1.807) is 31.2 Å². The number of benzene rings is 2. The number of phenolic OH excluding ortho intramolecular Hbond substituents is 3. The molecule has 0 saturated heterocycles. The van der Waals surface area contributed by atoms with E-state index in [9.17, 15) is 25.2 Å². The van der Waals surface area contributed by atoms with E-state index in [0.717, 1.165) is 22.8 Å². The number of hydrogen-bond donors (Lipinski definition) is 4. The standard InChI is InChI=1S/C25H28O5/c1-15(2)5-8-18-11-17(6-9-21(18)26)7-10-22(27)20-12-19(13-23(28)16(3)4)24(29)14-25(20)30/h5-7,9-12,14,23,26,28-30H,3,8,13H2,1-2,4H3/b10-7+/t23-/m0/s1. The van der Waals surface area contributed by atoms with E-state index in [2.05, 4.69) is 6.58 Å². The fraction of sp³-hybridized carbons (Fsp3) is 0.240. The first-order chi connectivity index (χ1) is 14.1. The van der Waals surface area contributed by atoms with Gasteiger partial charge in [-0.05, 0) is 68.2 Å². The molecule has 0 amide bonds. The number of carbonyl (C=O) groups excluding carboxylic acids is 1. The highest BCUT2D eigenvalue weighted by molar-refractivity contribution is 6.08. The molecule has 2 aromatic rings. The summed E-state index contributed by atoms with van der Waals surface area (Å²) >= 11 is 0. The van der Waals surface area contributed by atoms with Crippen LogP contribution in [-0.2, 0) is 12.8 Å². The maximum absolute atomic E-state index is 12.6.